The van der Waals surface area contributed by atoms with Gasteiger partial charge >= 0.3 is 5.97 Å². The number of hydrogen-bond donors (Lipinski definition) is 1. The van der Waals surface area contributed by atoms with Crippen LogP contribution in [0.1, 0.15) is 29.3 Å². The molecule has 3 aromatic rings. The Morgan fingerprint density at radius 3 is 3.14 bits per heavy atom. The minimum absolute atomic E-state index is 0.0580. The van der Waals surface area contributed by atoms with E-state index in [0.717, 1.165) is 4.96 Å². The van der Waals surface area contributed by atoms with Crippen LogP contribution in [0.5, 0.6) is 5.75 Å². The highest BCUT2D eigenvalue weighted by Crippen LogP contribution is 2.40. The number of fused-ring (bicyclic) bond motifs is 2. The Morgan fingerprint density at radius 1 is 1.50 bits per heavy atom. The number of nitrogens with zero attached hydrogens (tertiary/aromatic N) is 2. The van der Waals surface area contributed by atoms with Gasteiger partial charge in [-0.2, -0.15) is 0 Å². The number of aryl methyl sites for hydroxylation is 1. The second-order valence-electron chi connectivity index (χ2n) is 5.13. The van der Waals surface area contributed by atoms with Crippen molar-refractivity contribution in [3.8, 4) is 5.75 Å². The summed E-state index contributed by atoms with van der Waals surface area (Å²) in [4.78, 5) is 32.1. The first-order valence-corrected chi connectivity index (χ1v) is 7.86. The number of carbonyl (C=O) groups is 1. The molecule has 22 heavy (non-hydrogen) atoms. The van der Waals surface area contributed by atoms with Gasteiger partial charge in [0.25, 0.3) is 5.56 Å². The molecule has 0 bridgehead atoms. The van der Waals surface area contributed by atoms with E-state index in [4.69, 9.17) is 16.3 Å². The third-order valence-corrected chi connectivity index (χ3v) is 4.73. The molecule has 3 aromatic heterocycles. The number of aromatic amines is 1. The molecule has 1 atom stereocenters. The Morgan fingerprint density at radius 2 is 2.32 bits per heavy atom. The minimum atomic E-state index is -0.474. The highest BCUT2D eigenvalue weighted by Gasteiger charge is 2.35. The second-order valence-corrected chi connectivity index (χ2v) is 6.36. The van der Waals surface area contributed by atoms with Crippen molar-refractivity contribution in [3.05, 3.63) is 50.1 Å². The summed E-state index contributed by atoms with van der Waals surface area (Å²) in [7, 11) is 0. The molecule has 0 unspecified atom stereocenters. The Labute approximate surface area is 133 Å². The topological polar surface area (TPSA) is 76.5 Å². The van der Waals surface area contributed by atoms with E-state index in [0.29, 0.717) is 27.9 Å². The summed E-state index contributed by atoms with van der Waals surface area (Å²) in [5.41, 5.74) is 1.43. The van der Waals surface area contributed by atoms with Crippen molar-refractivity contribution in [2.24, 2.45) is 0 Å². The number of esters is 1. The van der Waals surface area contributed by atoms with Gasteiger partial charge in [0.1, 0.15) is 5.75 Å². The summed E-state index contributed by atoms with van der Waals surface area (Å²) in [5.74, 6) is -0.565. The molecule has 112 valence electrons. The van der Waals surface area contributed by atoms with Crippen LogP contribution in [-0.2, 0) is 4.79 Å². The third-order valence-electron chi connectivity index (χ3n) is 3.70. The molecule has 0 spiro atoms. The Balaban J connectivity index is 2.01. The molecule has 0 aromatic carbocycles. The number of imidazole rings is 1. The molecule has 4 rings (SSSR count). The van der Waals surface area contributed by atoms with E-state index in [1.165, 1.54) is 11.3 Å². The molecule has 0 radical (unpaired) electrons. The van der Waals surface area contributed by atoms with Crippen molar-refractivity contribution in [2.45, 2.75) is 19.3 Å². The van der Waals surface area contributed by atoms with Crippen LogP contribution in [0.3, 0.4) is 0 Å². The number of pyridine rings is 1. The van der Waals surface area contributed by atoms with Gasteiger partial charge < -0.3 is 9.72 Å². The molecule has 0 aliphatic carbocycles. The molecular formula is C14H10ClN3O3S. The van der Waals surface area contributed by atoms with Crippen LogP contribution in [0, 0.1) is 6.92 Å². The van der Waals surface area contributed by atoms with Gasteiger partial charge in [-0.25, -0.2) is 4.98 Å². The lowest BCUT2D eigenvalue weighted by Crippen LogP contribution is -2.29. The number of aromatic nitrogens is 3. The number of halogens is 1. The number of carbonyl (C=O) groups excluding carboxylic acids is 1. The lowest BCUT2D eigenvalue weighted by molar-refractivity contribution is -0.135. The van der Waals surface area contributed by atoms with Crippen molar-refractivity contribution >= 4 is 33.9 Å². The number of hydrogen-bond acceptors (Lipinski definition) is 5. The quantitative estimate of drug-likeness (QED) is 0.693. The molecule has 1 aliphatic heterocycles. The Kier molecular flexibility index (Phi) is 2.88. The van der Waals surface area contributed by atoms with E-state index >= 15 is 0 Å². The molecule has 1 aliphatic rings. The van der Waals surface area contributed by atoms with Gasteiger partial charge in [-0.15, -0.1) is 11.3 Å². The normalized spacial score (nSPS) is 17.5. The molecule has 6 nitrogen and oxygen atoms in total. The zero-order valence-corrected chi connectivity index (χ0v) is 13.0. The maximum Gasteiger partial charge on any atom is 0.312 e. The maximum absolute atomic E-state index is 12.4. The van der Waals surface area contributed by atoms with Crippen molar-refractivity contribution in [3.63, 3.8) is 0 Å². The lowest BCUT2D eigenvalue weighted by Gasteiger charge is -2.23. The van der Waals surface area contributed by atoms with Crippen LogP contribution < -0.4 is 10.3 Å². The van der Waals surface area contributed by atoms with Gasteiger partial charge in [-0.3, -0.25) is 14.0 Å². The molecule has 0 saturated heterocycles. The van der Waals surface area contributed by atoms with Crippen LogP contribution in [-0.4, -0.2) is 20.3 Å². The second kappa shape index (κ2) is 4.69. The van der Waals surface area contributed by atoms with Crippen LogP contribution in [0.4, 0.5) is 0 Å². The number of H-pyrrole nitrogens is 1. The van der Waals surface area contributed by atoms with Crippen LogP contribution >= 0.6 is 22.9 Å². The molecule has 0 amide bonds. The van der Waals surface area contributed by atoms with Crippen LogP contribution in [0.15, 0.2) is 22.4 Å². The number of rotatable bonds is 1. The van der Waals surface area contributed by atoms with E-state index in [9.17, 15) is 9.59 Å². The third kappa shape index (κ3) is 1.89. The standard InChI is InChI=1S/C14H10ClN3O3S/c1-6-4-8-10(13(20)16-6)7(5-9(19)21-8)11-12(15)17-14-18(11)2-3-22-14/h2-4,7H,5H2,1H3,(H,16,20)/t7-/m0/s1. The molecule has 0 saturated carbocycles. The highest BCUT2D eigenvalue weighted by atomic mass is 35.5. The van der Waals surface area contributed by atoms with E-state index in [1.54, 1.807) is 13.0 Å². The fourth-order valence-electron chi connectivity index (χ4n) is 2.84. The average Bonchev–Trinajstić information content (AvgIpc) is 2.96. The van der Waals surface area contributed by atoms with Crippen molar-refractivity contribution in [2.75, 3.05) is 0 Å². The first-order chi connectivity index (χ1) is 10.5. The fourth-order valence-corrected chi connectivity index (χ4v) is 3.91. The molecular weight excluding hydrogens is 326 g/mol. The van der Waals surface area contributed by atoms with E-state index in [1.807, 2.05) is 16.0 Å². The predicted octanol–water partition coefficient (Wildman–Crippen LogP) is 2.49. The summed E-state index contributed by atoms with van der Waals surface area (Å²) in [6, 6.07) is 1.65. The van der Waals surface area contributed by atoms with Gasteiger partial charge in [-0.1, -0.05) is 11.6 Å². The highest BCUT2D eigenvalue weighted by molar-refractivity contribution is 7.15. The minimum Gasteiger partial charge on any atom is -0.426 e. The van der Waals surface area contributed by atoms with Crippen molar-refractivity contribution < 1.29 is 9.53 Å². The first-order valence-electron chi connectivity index (χ1n) is 6.60. The van der Waals surface area contributed by atoms with Crippen molar-refractivity contribution in [1.82, 2.24) is 14.4 Å². The molecule has 1 N–H and O–H groups in total. The molecule has 8 heteroatoms. The van der Waals surface area contributed by atoms with Crippen molar-refractivity contribution in [1.29, 1.82) is 0 Å². The lowest BCUT2D eigenvalue weighted by atomic mass is 9.91. The smallest absolute Gasteiger partial charge is 0.312 e. The summed E-state index contributed by atoms with van der Waals surface area (Å²) < 4.78 is 7.04. The zero-order valence-electron chi connectivity index (χ0n) is 11.4. The Bertz CT molecular complexity index is 972. The number of thiazole rings is 1. The monoisotopic (exact) mass is 335 g/mol. The summed E-state index contributed by atoms with van der Waals surface area (Å²) >= 11 is 7.69. The van der Waals surface area contributed by atoms with Gasteiger partial charge in [0.05, 0.1) is 17.7 Å². The largest absolute Gasteiger partial charge is 0.426 e. The summed E-state index contributed by atoms with van der Waals surface area (Å²) in [6.45, 7) is 1.74. The summed E-state index contributed by atoms with van der Waals surface area (Å²) in [5, 5.41) is 2.18. The Hall–Kier alpha value is -2.12. The molecule has 4 heterocycles. The maximum atomic E-state index is 12.4. The number of ether oxygens (including phenoxy) is 1. The van der Waals surface area contributed by atoms with Gasteiger partial charge in [-0.05, 0) is 6.92 Å². The number of nitrogens with one attached hydrogen (secondary N) is 1. The molecule has 0 fully saturated rings. The van der Waals surface area contributed by atoms with Gasteiger partial charge in [0.15, 0.2) is 10.1 Å². The average molecular weight is 336 g/mol. The first kappa shape index (κ1) is 13.5. The van der Waals surface area contributed by atoms with Gasteiger partial charge in [0.2, 0.25) is 0 Å². The SMILES string of the molecule is Cc1cc2c(c(=O)[nH]1)[C@@H](c1c(Cl)nc3sccn13)CC(=O)O2. The summed E-state index contributed by atoms with van der Waals surface area (Å²) in [6.07, 6.45) is 1.89. The van der Waals surface area contributed by atoms with E-state index in [2.05, 4.69) is 9.97 Å². The van der Waals surface area contributed by atoms with Crippen LogP contribution in [0.2, 0.25) is 5.15 Å². The van der Waals surface area contributed by atoms with E-state index < -0.39 is 5.92 Å². The van der Waals surface area contributed by atoms with Gasteiger partial charge in [0, 0.05) is 29.3 Å². The zero-order chi connectivity index (χ0) is 15.4. The predicted molar refractivity (Wildman–Crippen MR) is 82.0 cm³/mol. The van der Waals surface area contributed by atoms with Crippen LogP contribution in [0.25, 0.3) is 4.96 Å². The van der Waals surface area contributed by atoms with E-state index in [-0.39, 0.29) is 17.9 Å². The fraction of sp³-hybridized carbons (Fsp3) is 0.214.